The van der Waals surface area contributed by atoms with E-state index in [2.05, 4.69) is 5.32 Å². The Balaban J connectivity index is 2.23. The first kappa shape index (κ1) is 28.8. The molecule has 0 unspecified atom stereocenters. The van der Waals surface area contributed by atoms with E-state index in [0.717, 1.165) is 11.1 Å². The number of nitrogens with one attached hydrogen (secondary N) is 1. The molecule has 35 heavy (non-hydrogen) atoms. The molecule has 0 radical (unpaired) electrons. The summed E-state index contributed by atoms with van der Waals surface area (Å²) in [7, 11) is 0. The van der Waals surface area contributed by atoms with Gasteiger partial charge in [0.1, 0.15) is 6.04 Å². The van der Waals surface area contributed by atoms with E-state index in [9.17, 15) is 9.59 Å². The zero-order valence-electron chi connectivity index (χ0n) is 21.4. The fourth-order valence-corrected chi connectivity index (χ4v) is 3.86. The molecule has 0 spiro atoms. The highest BCUT2D eigenvalue weighted by Crippen LogP contribution is 2.29. The van der Waals surface area contributed by atoms with Gasteiger partial charge in [-0.15, -0.1) is 0 Å². The number of nitrogens with zero attached hydrogens (tertiary/aromatic N) is 1. The Hall–Kier alpha value is -2.44. The van der Waals surface area contributed by atoms with Crippen LogP contribution >= 0.6 is 23.2 Å². The lowest BCUT2D eigenvalue weighted by atomic mass is 10.1. The molecule has 0 fully saturated rings. The molecule has 0 aliphatic rings. The van der Waals surface area contributed by atoms with Crippen LogP contribution in [-0.2, 0) is 22.6 Å². The van der Waals surface area contributed by atoms with Crippen molar-refractivity contribution < 1.29 is 19.1 Å². The largest absolute Gasteiger partial charge is 0.490 e. The maximum absolute atomic E-state index is 13.4. The second-order valence-electron chi connectivity index (χ2n) is 9.33. The minimum Gasteiger partial charge on any atom is -0.490 e. The molecular formula is C27H36Cl2N2O4. The number of hydrogen-bond acceptors (Lipinski definition) is 4. The van der Waals surface area contributed by atoms with Gasteiger partial charge in [-0.2, -0.15) is 0 Å². The van der Waals surface area contributed by atoms with Gasteiger partial charge in [-0.05, 0) is 83.4 Å². The minimum absolute atomic E-state index is 0.139. The molecule has 0 aliphatic carbocycles. The molecule has 8 heteroatoms. The van der Waals surface area contributed by atoms with Crippen LogP contribution in [-0.4, -0.2) is 41.5 Å². The van der Waals surface area contributed by atoms with Crippen molar-refractivity contribution in [1.82, 2.24) is 10.2 Å². The van der Waals surface area contributed by atoms with Crippen LogP contribution in [0, 0.1) is 0 Å². The van der Waals surface area contributed by atoms with Gasteiger partial charge < -0.3 is 19.7 Å². The molecule has 0 aromatic heterocycles. The number of rotatable bonds is 11. The predicted octanol–water partition coefficient (Wildman–Crippen LogP) is 6.06. The lowest BCUT2D eigenvalue weighted by Crippen LogP contribution is -2.52. The average molecular weight is 524 g/mol. The van der Waals surface area contributed by atoms with Crippen LogP contribution in [0.3, 0.4) is 0 Å². The first-order valence-electron chi connectivity index (χ1n) is 11.9. The number of carbonyl (C=O) groups is 2. The number of halogens is 2. The van der Waals surface area contributed by atoms with E-state index in [1.54, 1.807) is 24.0 Å². The van der Waals surface area contributed by atoms with Crippen molar-refractivity contribution in [3.8, 4) is 11.5 Å². The van der Waals surface area contributed by atoms with Gasteiger partial charge in [-0.1, -0.05) is 35.3 Å². The topological polar surface area (TPSA) is 67.9 Å². The van der Waals surface area contributed by atoms with E-state index in [0.29, 0.717) is 41.2 Å². The summed E-state index contributed by atoms with van der Waals surface area (Å²) in [5.74, 6) is 0.980. The van der Waals surface area contributed by atoms with Crippen molar-refractivity contribution in [3.63, 3.8) is 0 Å². The summed E-state index contributed by atoms with van der Waals surface area (Å²) in [6.07, 6.45) is 0.727. The number of ether oxygens (including phenoxy) is 2. The van der Waals surface area contributed by atoms with Gasteiger partial charge in [-0.3, -0.25) is 9.59 Å². The van der Waals surface area contributed by atoms with E-state index in [-0.39, 0.29) is 24.8 Å². The van der Waals surface area contributed by atoms with E-state index in [1.807, 2.05) is 58.9 Å². The molecule has 6 nitrogen and oxygen atoms in total. The summed E-state index contributed by atoms with van der Waals surface area (Å²) in [5.41, 5.74) is 1.33. The third kappa shape index (κ3) is 8.93. The zero-order valence-corrected chi connectivity index (χ0v) is 22.9. The fraction of sp³-hybridized carbons (Fsp3) is 0.481. The molecule has 0 bridgehead atoms. The van der Waals surface area contributed by atoms with Crippen molar-refractivity contribution in [2.45, 2.75) is 72.5 Å². The average Bonchev–Trinajstić information content (AvgIpc) is 2.78. The van der Waals surface area contributed by atoms with Crippen molar-refractivity contribution in [2.24, 2.45) is 0 Å². The zero-order chi connectivity index (χ0) is 26.2. The third-order valence-electron chi connectivity index (χ3n) is 5.24. The minimum atomic E-state index is -0.671. The molecule has 0 aliphatic heterocycles. The summed E-state index contributed by atoms with van der Waals surface area (Å²) in [6, 6.07) is 10.2. The predicted molar refractivity (Wildman–Crippen MR) is 141 cm³/mol. The summed E-state index contributed by atoms with van der Waals surface area (Å²) in [4.78, 5) is 27.9. The summed E-state index contributed by atoms with van der Waals surface area (Å²) in [5, 5.41) is 3.80. The highest BCUT2D eigenvalue weighted by atomic mass is 35.5. The van der Waals surface area contributed by atoms with Crippen LogP contribution in [0.15, 0.2) is 36.4 Å². The van der Waals surface area contributed by atoms with E-state index in [1.165, 1.54) is 0 Å². The SMILES string of the molecule is CCOc1ccc(CCC(=O)N(Cc2ccc(Cl)c(Cl)c2)[C@H](C)C(=O)NC(C)(C)C)cc1OCC. The summed E-state index contributed by atoms with van der Waals surface area (Å²) in [6.45, 7) is 12.6. The quantitative estimate of drug-likeness (QED) is 0.389. The van der Waals surface area contributed by atoms with Crippen molar-refractivity contribution in [1.29, 1.82) is 0 Å². The van der Waals surface area contributed by atoms with Crippen molar-refractivity contribution in [3.05, 3.63) is 57.6 Å². The number of amides is 2. The highest BCUT2D eigenvalue weighted by Gasteiger charge is 2.28. The molecule has 0 heterocycles. The highest BCUT2D eigenvalue weighted by molar-refractivity contribution is 6.42. The fourth-order valence-electron chi connectivity index (χ4n) is 3.54. The van der Waals surface area contributed by atoms with Gasteiger partial charge in [0.05, 0.1) is 23.3 Å². The Kier molecular flexibility index (Phi) is 10.7. The van der Waals surface area contributed by atoms with Crippen LogP contribution < -0.4 is 14.8 Å². The van der Waals surface area contributed by atoms with Gasteiger partial charge in [0.25, 0.3) is 0 Å². The number of hydrogen-bond donors (Lipinski definition) is 1. The van der Waals surface area contributed by atoms with Gasteiger partial charge in [0, 0.05) is 18.5 Å². The summed E-state index contributed by atoms with van der Waals surface area (Å²) < 4.78 is 11.3. The van der Waals surface area contributed by atoms with Crippen LogP contribution in [0.25, 0.3) is 0 Å². The van der Waals surface area contributed by atoms with Crippen molar-refractivity contribution >= 4 is 35.0 Å². The second-order valence-corrected chi connectivity index (χ2v) is 10.1. The summed E-state index contributed by atoms with van der Waals surface area (Å²) >= 11 is 12.2. The monoisotopic (exact) mass is 522 g/mol. The van der Waals surface area contributed by atoms with Gasteiger partial charge in [0.15, 0.2) is 11.5 Å². The smallest absolute Gasteiger partial charge is 0.242 e. The Morgan fingerprint density at radius 1 is 0.943 bits per heavy atom. The molecule has 1 N–H and O–H groups in total. The molecule has 0 saturated heterocycles. The number of benzene rings is 2. The first-order valence-corrected chi connectivity index (χ1v) is 12.6. The van der Waals surface area contributed by atoms with Gasteiger partial charge in [0.2, 0.25) is 11.8 Å². The first-order chi connectivity index (χ1) is 16.4. The molecular weight excluding hydrogens is 487 g/mol. The molecule has 2 amide bonds. The molecule has 0 saturated carbocycles. The van der Waals surface area contributed by atoms with Crippen LogP contribution in [0.1, 0.15) is 59.1 Å². The van der Waals surface area contributed by atoms with Gasteiger partial charge in [-0.25, -0.2) is 0 Å². The Morgan fingerprint density at radius 3 is 2.17 bits per heavy atom. The van der Waals surface area contributed by atoms with E-state index < -0.39 is 11.6 Å². The van der Waals surface area contributed by atoms with E-state index >= 15 is 0 Å². The Labute approximate surface area is 218 Å². The molecule has 1 atom stereocenters. The van der Waals surface area contributed by atoms with Crippen LogP contribution in [0.5, 0.6) is 11.5 Å². The Morgan fingerprint density at radius 2 is 1.57 bits per heavy atom. The van der Waals surface area contributed by atoms with Crippen molar-refractivity contribution in [2.75, 3.05) is 13.2 Å². The number of aryl methyl sites for hydroxylation is 1. The van der Waals surface area contributed by atoms with Crippen LogP contribution in [0.2, 0.25) is 10.0 Å². The maximum atomic E-state index is 13.4. The Bertz CT molecular complexity index is 1020. The maximum Gasteiger partial charge on any atom is 0.242 e. The molecule has 2 aromatic carbocycles. The normalized spacial score (nSPS) is 12.1. The third-order valence-corrected chi connectivity index (χ3v) is 5.98. The lowest BCUT2D eigenvalue weighted by molar-refractivity contribution is -0.141. The standard InChI is InChI=1S/C27H36Cl2N2O4/c1-7-34-23-13-10-19(16-24(23)35-8-2)11-14-25(32)31(18(3)26(33)30-27(4,5)6)17-20-9-12-21(28)22(29)15-20/h9-10,12-13,15-16,18H,7-8,11,14,17H2,1-6H3,(H,30,33)/t18-/m1/s1. The van der Waals surface area contributed by atoms with Crippen LogP contribution in [0.4, 0.5) is 0 Å². The molecule has 192 valence electrons. The van der Waals surface area contributed by atoms with E-state index in [4.69, 9.17) is 32.7 Å². The molecule has 2 rings (SSSR count). The number of carbonyl (C=O) groups excluding carboxylic acids is 2. The second kappa shape index (κ2) is 13.0. The molecule has 2 aromatic rings. The van der Waals surface area contributed by atoms with Gasteiger partial charge >= 0.3 is 0 Å². The lowest BCUT2D eigenvalue weighted by Gasteiger charge is -2.31.